The number of benzene rings is 2. The van der Waals surface area contributed by atoms with Crippen molar-refractivity contribution in [2.24, 2.45) is 5.92 Å². The van der Waals surface area contributed by atoms with Crippen molar-refractivity contribution in [2.45, 2.75) is 6.92 Å². The summed E-state index contributed by atoms with van der Waals surface area (Å²) in [5.41, 5.74) is 8.66. The first-order valence-electron chi connectivity index (χ1n) is 7.01. The van der Waals surface area contributed by atoms with Crippen LogP contribution in [0.25, 0.3) is 11.1 Å². The lowest BCUT2D eigenvalue weighted by atomic mass is 10.0. The van der Waals surface area contributed by atoms with E-state index in [1.165, 1.54) is 0 Å². The van der Waals surface area contributed by atoms with Gasteiger partial charge in [-0.3, -0.25) is 0 Å². The van der Waals surface area contributed by atoms with Crippen LogP contribution in [0.2, 0.25) is 0 Å². The fourth-order valence-corrected chi connectivity index (χ4v) is 2.35. The van der Waals surface area contributed by atoms with Gasteiger partial charge in [-0.2, -0.15) is 0 Å². The molecular weight excluding hydrogens is 266 g/mol. The highest BCUT2D eigenvalue weighted by Crippen LogP contribution is 2.36. The molecular formula is C17H19NO3. The maximum atomic E-state index is 5.97. The Kier molecular flexibility index (Phi) is 3.60. The van der Waals surface area contributed by atoms with E-state index in [0.717, 1.165) is 22.6 Å². The number of nitrogen functional groups attached to an aromatic ring is 1. The zero-order valence-electron chi connectivity index (χ0n) is 12.3. The maximum absolute atomic E-state index is 5.97. The smallest absolute Gasteiger partial charge is 0.161 e. The Morgan fingerprint density at radius 3 is 2.38 bits per heavy atom. The van der Waals surface area contributed by atoms with E-state index in [4.69, 9.17) is 19.9 Å². The van der Waals surface area contributed by atoms with Crippen LogP contribution in [0.4, 0.5) is 5.69 Å². The molecule has 0 radical (unpaired) electrons. The van der Waals surface area contributed by atoms with Crippen LogP contribution in [-0.2, 0) is 0 Å². The monoisotopic (exact) mass is 285 g/mol. The Hall–Kier alpha value is -2.36. The van der Waals surface area contributed by atoms with Crippen LogP contribution in [0, 0.1) is 5.92 Å². The van der Waals surface area contributed by atoms with Gasteiger partial charge in [0.1, 0.15) is 5.75 Å². The van der Waals surface area contributed by atoms with Crippen molar-refractivity contribution in [2.75, 3.05) is 26.1 Å². The molecule has 1 unspecified atom stereocenters. The molecule has 1 heterocycles. The van der Waals surface area contributed by atoms with E-state index in [1.807, 2.05) is 36.4 Å². The van der Waals surface area contributed by atoms with E-state index in [2.05, 4.69) is 6.92 Å². The third-order valence-electron chi connectivity index (χ3n) is 3.55. The summed E-state index contributed by atoms with van der Waals surface area (Å²) in [5, 5.41) is 0. The Morgan fingerprint density at radius 1 is 1.00 bits per heavy atom. The third kappa shape index (κ3) is 2.75. The molecule has 2 aromatic rings. The standard InChI is InChI=1S/C17H19NO3/c1-11-9-20-16-6-4-13(8-17(16)21-10-11)12-3-5-15(19-2)14(18)7-12/h3-8,11H,9-10,18H2,1-2H3. The second-order valence-corrected chi connectivity index (χ2v) is 5.35. The quantitative estimate of drug-likeness (QED) is 0.860. The number of anilines is 1. The summed E-state index contributed by atoms with van der Waals surface area (Å²) < 4.78 is 16.7. The van der Waals surface area contributed by atoms with Crippen LogP contribution < -0.4 is 19.9 Å². The minimum atomic E-state index is 0.387. The van der Waals surface area contributed by atoms with Crippen molar-refractivity contribution in [3.05, 3.63) is 36.4 Å². The molecule has 4 nitrogen and oxygen atoms in total. The van der Waals surface area contributed by atoms with Gasteiger partial charge in [0, 0.05) is 5.92 Å². The summed E-state index contributed by atoms with van der Waals surface area (Å²) in [6.07, 6.45) is 0. The Bertz CT molecular complexity index is 654. The highest BCUT2D eigenvalue weighted by molar-refractivity contribution is 5.72. The molecule has 110 valence electrons. The van der Waals surface area contributed by atoms with Crippen molar-refractivity contribution in [3.8, 4) is 28.4 Å². The molecule has 1 atom stereocenters. The topological polar surface area (TPSA) is 53.7 Å². The summed E-state index contributed by atoms with van der Waals surface area (Å²) in [4.78, 5) is 0. The van der Waals surface area contributed by atoms with E-state index in [1.54, 1.807) is 7.11 Å². The molecule has 2 N–H and O–H groups in total. The molecule has 0 aromatic heterocycles. The lowest BCUT2D eigenvalue weighted by Gasteiger charge is -2.11. The lowest BCUT2D eigenvalue weighted by Crippen LogP contribution is -2.12. The molecule has 0 aliphatic carbocycles. The number of methoxy groups -OCH3 is 1. The predicted molar refractivity (Wildman–Crippen MR) is 83.0 cm³/mol. The van der Waals surface area contributed by atoms with Gasteiger partial charge >= 0.3 is 0 Å². The van der Waals surface area contributed by atoms with E-state index in [0.29, 0.717) is 30.6 Å². The molecule has 0 fully saturated rings. The minimum absolute atomic E-state index is 0.387. The van der Waals surface area contributed by atoms with Gasteiger partial charge in [-0.15, -0.1) is 0 Å². The summed E-state index contributed by atoms with van der Waals surface area (Å²) in [6, 6.07) is 11.7. The van der Waals surface area contributed by atoms with E-state index in [-0.39, 0.29) is 0 Å². The molecule has 2 aromatic carbocycles. The van der Waals surface area contributed by atoms with Crippen molar-refractivity contribution < 1.29 is 14.2 Å². The fourth-order valence-electron chi connectivity index (χ4n) is 2.35. The third-order valence-corrected chi connectivity index (χ3v) is 3.55. The highest BCUT2D eigenvalue weighted by Gasteiger charge is 2.15. The van der Waals surface area contributed by atoms with E-state index < -0.39 is 0 Å². The first kappa shape index (κ1) is 13.6. The summed E-state index contributed by atoms with van der Waals surface area (Å²) in [7, 11) is 1.61. The molecule has 0 spiro atoms. The zero-order chi connectivity index (χ0) is 14.8. The molecule has 4 heteroatoms. The average Bonchev–Trinajstić information content (AvgIpc) is 2.69. The van der Waals surface area contributed by atoms with Crippen LogP contribution in [-0.4, -0.2) is 20.3 Å². The second kappa shape index (κ2) is 5.56. The van der Waals surface area contributed by atoms with E-state index in [9.17, 15) is 0 Å². The zero-order valence-corrected chi connectivity index (χ0v) is 12.3. The lowest BCUT2D eigenvalue weighted by molar-refractivity contribution is 0.228. The van der Waals surface area contributed by atoms with Crippen LogP contribution in [0.1, 0.15) is 6.92 Å². The van der Waals surface area contributed by atoms with Crippen LogP contribution in [0.5, 0.6) is 17.2 Å². The summed E-state index contributed by atoms with van der Waals surface area (Å²) in [6.45, 7) is 3.46. The first-order valence-corrected chi connectivity index (χ1v) is 7.01. The van der Waals surface area contributed by atoms with Gasteiger partial charge in [-0.1, -0.05) is 19.1 Å². The van der Waals surface area contributed by atoms with Gasteiger partial charge in [-0.05, 0) is 35.4 Å². The number of nitrogens with two attached hydrogens (primary N) is 1. The van der Waals surface area contributed by atoms with Gasteiger partial charge in [0.25, 0.3) is 0 Å². The minimum Gasteiger partial charge on any atom is -0.495 e. The van der Waals surface area contributed by atoms with Crippen molar-refractivity contribution in [3.63, 3.8) is 0 Å². The summed E-state index contributed by atoms with van der Waals surface area (Å²) in [5.74, 6) is 2.65. The molecule has 1 aliphatic rings. The number of fused-ring (bicyclic) bond motifs is 1. The van der Waals surface area contributed by atoms with Gasteiger partial charge in [0.15, 0.2) is 11.5 Å². The van der Waals surface area contributed by atoms with Crippen LogP contribution in [0.3, 0.4) is 0 Å². The average molecular weight is 285 g/mol. The number of ether oxygens (including phenoxy) is 3. The molecule has 0 saturated carbocycles. The molecule has 0 saturated heterocycles. The largest absolute Gasteiger partial charge is 0.495 e. The number of hydrogen-bond acceptors (Lipinski definition) is 4. The van der Waals surface area contributed by atoms with Gasteiger partial charge < -0.3 is 19.9 Å². The van der Waals surface area contributed by atoms with Gasteiger partial charge in [-0.25, -0.2) is 0 Å². The molecule has 21 heavy (non-hydrogen) atoms. The van der Waals surface area contributed by atoms with E-state index >= 15 is 0 Å². The highest BCUT2D eigenvalue weighted by atomic mass is 16.5. The van der Waals surface area contributed by atoms with Crippen molar-refractivity contribution in [1.29, 1.82) is 0 Å². The molecule has 3 rings (SSSR count). The maximum Gasteiger partial charge on any atom is 0.161 e. The van der Waals surface area contributed by atoms with Crippen molar-refractivity contribution >= 4 is 5.69 Å². The van der Waals surface area contributed by atoms with Gasteiger partial charge in [0.2, 0.25) is 0 Å². The van der Waals surface area contributed by atoms with Gasteiger partial charge in [0.05, 0.1) is 26.0 Å². The summed E-state index contributed by atoms with van der Waals surface area (Å²) >= 11 is 0. The Balaban J connectivity index is 1.95. The molecule has 0 amide bonds. The fraction of sp³-hybridized carbons (Fsp3) is 0.294. The predicted octanol–water partition coefficient (Wildman–Crippen LogP) is 3.35. The van der Waals surface area contributed by atoms with Crippen LogP contribution >= 0.6 is 0 Å². The number of rotatable bonds is 2. The SMILES string of the molecule is COc1ccc(-c2ccc3c(c2)OCC(C)CO3)cc1N. The Morgan fingerprint density at radius 2 is 1.67 bits per heavy atom. The second-order valence-electron chi connectivity index (χ2n) is 5.35. The Labute approximate surface area is 124 Å². The normalized spacial score (nSPS) is 17.1. The van der Waals surface area contributed by atoms with Crippen molar-refractivity contribution in [1.82, 2.24) is 0 Å². The van der Waals surface area contributed by atoms with Crippen LogP contribution in [0.15, 0.2) is 36.4 Å². The first-order chi connectivity index (χ1) is 10.2. The molecule has 1 aliphatic heterocycles. The molecule has 0 bridgehead atoms. The number of hydrogen-bond donors (Lipinski definition) is 1.